The largest absolute Gasteiger partial charge is 0.392 e. The molecule has 0 bridgehead atoms. The van der Waals surface area contributed by atoms with E-state index in [-0.39, 0.29) is 38.2 Å². The first kappa shape index (κ1) is 33.9. The SMILES string of the molecule is CC(C)C(C)[C@H]1CCCC2CC[C@@H](C(C)C(C)C)C(O)C2C1O.Cc1ccc2ccc(-c3[c-]cccc3)nc2c1.[Ir]. The van der Waals surface area contributed by atoms with Gasteiger partial charge in [-0.15, -0.1) is 35.9 Å². The molecule has 4 heteroatoms. The van der Waals surface area contributed by atoms with E-state index in [1.54, 1.807) is 0 Å². The summed E-state index contributed by atoms with van der Waals surface area (Å²) in [5, 5.41) is 23.5. The molecule has 0 amide bonds. The number of hydrogen-bond donors (Lipinski definition) is 2. The van der Waals surface area contributed by atoms with Crippen LogP contribution in [0.25, 0.3) is 22.2 Å². The summed E-state index contributed by atoms with van der Waals surface area (Å²) in [6, 6.07) is 21.6. The minimum absolute atomic E-state index is 0. The van der Waals surface area contributed by atoms with Gasteiger partial charge in [-0.1, -0.05) is 72.2 Å². The number of pyridine rings is 1. The zero-order valence-corrected chi connectivity index (χ0v) is 28.6. The van der Waals surface area contributed by atoms with Crippen LogP contribution in [-0.4, -0.2) is 27.4 Å². The summed E-state index contributed by atoms with van der Waals surface area (Å²) in [4.78, 5) is 4.68. The third kappa shape index (κ3) is 8.08. The Kier molecular flexibility index (Phi) is 12.6. The number of fused-ring (bicyclic) bond motifs is 2. The van der Waals surface area contributed by atoms with E-state index >= 15 is 0 Å². The van der Waals surface area contributed by atoms with Gasteiger partial charge in [-0.05, 0) is 96.7 Å². The molecule has 0 saturated heterocycles. The molecule has 1 aromatic heterocycles. The van der Waals surface area contributed by atoms with Crippen molar-refractivity contribution in [3.8, 4) is 11.3 Å². The van der Waals surface area contributed by atoms with Crippen molar-refractivity contribution >= 4 is 10.9 Å². The van der Waals surface area contributed by atoms with Gasteiger partial charge in [-0.3, -0.25) is 4.98 Å². The second kappa shape index (κ2) is 15.2. The van der Waals surface area contributed by atoms with E-state index in [0.29, 0.717) is 41.4 Å². The van der Waals surface area contributed by atoms with E-state index in [4.69, 9.17) is 0 Å². The molecule has 2 aliphatic rings. The van der Waals surface area contributed by atoms with Gasteiger partial charge in [0.1, 0.15) is 0 Å². The molecule has 2 aromatic carbocycles. The molecular formula is C37H52IrNO2-. The maximum atomic E-state index is 11.2. The molecule has 6 unspecified atom stereocenters. The van der Waals surface area contributed by atoms with Crippen LogP contribution in [0, 0.1) is 60.3 Å². The van der Waals surface area contributed by atoms with E-state index in [2.05, 4.69) is 83.8 Å². The smallest absolute Gasteiger partial charge is 0.0626 e. The fourth-order valence-electron chi connectivity index (χ4n) is 7.29. The second-order valence-electron chi connectivity index (χ2n) is 13.5. The summed E-state index contributed by atoms with van der Waals surface area (Å²) in [5.41, 5.74) is 4.29. The number of aryl methyl sites for hydroxylation is 1. The minimum Gasteiger partial charge on any atom is -0.392 e. The Bertz CT molecular complexity index is 1210. The van der Waals surface area contributed by atoms with E-state index in [9.17, 15) is 10.2 Å². The van der Waals surface area contributed by atoms with Gasteiger partial charge in [0.25, 0.3) is 0 Å². The van der Waals surface area contributed by atoms with Crippen molar-refractivity contribution in [3.05, 3.63) is 66.2 Å². The van der Waals surface area contributed by atoms with E-state index < -0.39 is 0 Å². The average Bonchev–Trinajstić information content (AvgIpc) is 3.11. The Balaban J connectivity index is 0.000000228. The Labute approximate surface area is 262 Å². The van der Waals surface area contributed by atoms with E-state index in [1.807, 2.05) is 30.3 Å². The second-order valence-corrected chi connectivity index (χ2v) is 13.5. The molecule has 5 rings (SSSR count). The summed E-state index contributed by atoms with van der Waals surface area (Å²) >= 11 is 0. The molecule has 2 saturated carbocycles. The van der Waals surface area contributed by atoms with Crippen LogP contribution < -0.4 is 0 Å². The molecule has 2 aliphatic carbocycles. The molecule has 41 heavy (non-hydrogen) atoms. The van der Waals surface area contributed by atoms with Gasteiger partial charge in [0.15, 0.2) is 0 Å². The van der Waals surface area contributed by atoms with Gasteiger partial charge in [-0.25, -0.2) is 0 Å². The molecule has 2 N–H and O–H groups in total. The maximum Gasteiger partial charge on any atom is 0.0626 e. The molecule has 3 aromatic rings. The van der Waals surface area contributed by atoms with E-state index in [1.165, 1.54) is 30.2 Å². The Morgan fingerprint density at radius 3 is 2.02 bits per heavy atom. The van der Waals surface area contributed by atoms with Crippen molar-refractivity contribution in [2.45, 2.75) is 92.8 Å². The van der Waals surface area contributed by atoms with Crippen LogP contribution in [-0.2, 0) is 20.1 Å². The molecule has 1 radical (unpaired) electrons. The van der Waals surface area contributed by atoms with Crippen LogP contribution in [0.3, 0.4) is 0 Å². The summed E-state index contributed by atoms with van der Waals surface area (Å²) < 4.78 is 0. The summed E-state index contributed by atoms with van der Waals surface area (Å²) in [7, 11) is 0. The predicted molar refractivity (Wildman–Crippen MR) is 168 cm³/mol. The maximum absolute atomic E-state index is 11.2. The third-order valence-corrected chi connectivity index (χ3v) is 10.5. The van der Waals surface area contributed by atoms with Crippen molar-refractivity contribution in [1.82, 2.24) is 4.98 Å². The molecule has 8 atom stereocenters. The quantitative estimate of drug-likeness (QED) is 0.258. The molecule has 3 nitrogen and oxygen atoms in total. The topological polar surface area (TPSA) is 53.4 Å². The summed E-state index contributed by atoms with van der Waals surface area (Å²) in [5.74, 6) is 3.59. The third-order valence-electron chi connectivity index (χ3n) is 10.5. The zero-order valence-electron chi connectivity index (χ0n) is 26.2. The number of rotatable bonds is 5. The number of aliphatic hydroxyl groups is 2. The van der Waals surface area contributed by atoms with Gasteiger partial charge in [0, 0.05) is 26.0 Å². The average molecular weight is 735 g/mol. The number of aliphatic hydroxyl groups excluding tert-OH is 2. The Morgan fingerprint density at radius 2 is 1.41 bits per heavy atom. The summed E-state index contributed by atoms with van der Waals surface area (Å²) in [6.07, 6.45) is 5.24. The fourth-order valence-corrected chi connectivity index (χ4v) is 7.29. The Morgan fingerprint density at radius 1 is 0.780 bits per heavy atom. The summed E-state index contributed by atoms with van der Waals surface area (Å²) in [6.45, 7) is 15.7. The van der Waals surface area contributed by atoms with Crippen LogP contribution in [0.15, 0.2) is 54.6 Å². The molecule has 227 valence electrons. The van der Waals surface area contributed by atoms with Crippen molar-refractivity contribution in [1.29, 1.82) is 0 Å². The molecule has 0 aliphatic heterocycles. The fraction of sp³-hybridized carbons (Fsp3) is 0.595. The first-order chi connectivity index (χ1) is 19.1. The van der Waals surface area contributed by atoms with Crippen LogP contribution in [0.4, 0.5) is 0 Å². The van der Waals surface area contributed by atoms with Crippen molar-refractivity contribution in [3.63, 3.8) is 0 Å². The van der Waals surface area contributed by atoms with Gasteiger partial charge in [-0.2, -0.15) is 0 Å². The van der Waals surface area contributed by atoms with Crippen LogP contribution >= 0.6 is 0 Å². The molecule has 0 spiro atoms. The first-order valence-electron chi connectivity index (χ1n) is 15.8. The minimum atomic E-state index is -0.322. The van der Waals surface area contributed by atoms with Gasteiger partial charge in [0.05, 0.1) is 17.7 Å². The number of hydrogen-bond acceptors (Lipinski definition) is 3. The first-order valence-corrected chi connectivity index (χ1v) is 15.8. The number of benzene rings is 2. The number of nitrogens with zero attached hydrogens (tertiary/aromatic N) is 1. The molecule has 1 heterocycles. The van der Waals surface area contributed by atoms with Crippen molar-refractivity contribution < 1.29 is 30.3 Å². The van der Waals surface area contributed by atoms with Crippen LogP contribution in [0.1, 0.15) is 79.2 Å². The number of aromatic nitrogens is 1. The van der Waals surface area contributed by atoms with Crippen molar-refractivity contribution in [2.24, 2.45) is 47.3 Å². The van der Waals surface area contributed by atoms with Crippen LogP contribution in [0.5, 0.6) is 0 Å². The molecular weight excluding hydrogens is 683 g/mol. The normalized spacial score (nSPS) is 27.7. The van der Waals surface area contributed by atoms with E-state index in [0.717, 1.165) is 29.6 Å². The molecule has 2 fully saturated rings. The Hall–Kier alpha value is -1.58. The van der Waals surface area contributed by atoms with Gasteiger partial charge >= 0.3 is 0 Å². The zero-order chi connectivity index (χ0) is 29.0. The predicted octanol–water partition coefficient (Wildman–Crippen LogP) is 8.74. The monoisotopic (exact) mass is 735 g/mol. The van der Waals surface area contributed by atoms with Crippen LogP contribution in [0.2, 0.25) is 0 Å². The van der Waals surface area contributed by atoms with Crippen molar-refractivity contribution in [2.75, 3.05) is 0 Å². The van der Waals surface area contributed by atoms with Gasteiger partial charge < -0.3 is 10.2 Å². The van der Waals surface area contributed by atoms with Gasteiger partial charge in [0.2, 0.25) is 0 Å². The standard InChI is InChI=1S/C21H40O2.C16H12N.Ir/c1-12(2)14(5)17-9-7-8-16-10-11-18(15(6)13(3)4)21(23)19(16)20(17)22;1-12-7-8-14-9-10-15(17-16(14)11-12)13-5-3-2-4-6-13;/h12-23H,7-11H2,1-6H3;2-5,7-11H,1H3;/q;-1;/t14?,15?,16?,17-,18+,19?,20?,21?;;/m1../s1.